The number of hydrogen-bond donors (Lipinski definition) is 2. The fourth-order valence-corrected chi connectivity index (χ4v) is 3.06. The van der Waals surface area contributed by atoms with Gasteiger partial charge in [0.2, 0.25) is 0 Å². The summed E-state index contributed by atoms with van der Waals surface area (Å²) >= 11 is 0. The van der Waals surface area contributed by atoms with E-state index >= 15 is 0 Å². The molecule has 0 spiro atoms. The summed E-state index contributed by atoms with van der Waals surface area (Å²) in [6, 6.07) is 15.4. The summed E-state index contributed by atoms with van der Waals surface area (Å²) in [6.45, 7) is 4.83. The monoisotopic (exact) mass is 324 g/mol. The zero-order chi connectivity index (χ0) is 17.0. The van der Waals surface area contributed by atoms with Gasteiger partial charge >= 0.3 is 0 Å². The smallest absolute Gasteiger partial charge is 0.255 e. The van der Waals surface area contributed by atoms with Crippen LogP contribution < -0.4 is 15.4 Å². The van der Waals surface area contributed by atoms with Gasteiger partial charge < -0.3 is 15.4 Å². The number of anilines is 1. The van der Waals surface area contributed by atoms with E-state index in [1.165, 1.54) is 0 Å². The third-order valence-corrected chi connectivity index (χ3v) is 4.35. The first-order valence-corrected chi connectivity index (χ1v) is 8.56. The van der Waals surface area contributed by atoms with Gasteiger partial charge in [-0.1, -0.05) is 50.1 Å². The van der Waals surface area contributed by atoms with Crippen LogP contribution in [0.25, 0.3) is 0 Å². The first kappa shape index (κ1) is 16.4. The maximum atomic E-state index is 12.5. The van der Waals surface area contributed by atoms with Crippen molar-refractivity contribution in [1.29, 1.82) is 0 Å². The molecule has 1 unspecified atom stereocenters. The third-order valence-electron chi connectivity index (χ3n) is 4.35. The summed E-state index contributed by atoms with van der Waals surface area (Å²) in [5, 5.41) is 6.53. The van der Waals surface area contributed by atoms with E-state index in [9.17, 15) is 4.79 Å². The zero-order valence-electron chi connectivity index (χ0n) is 14.3. The molecule has 0 bridgehead atoms. The van der Waals surface area contributed by atoms with E-state index in [0.29, 0.717) is 12.2 Å². The van der Waals surface area contributed by atoms with E-state index in [-0.39, 0.29) is 5.91 Å². The largest absolute Gasteiger partial charge is 0.493 e. The van der Waals surface area contributed by atoms with Crippen molar-refractivity contribution in [3.63, 3.8) is 0 Å². The Morgan fingerprint density at radius 3 is 2.58 bits per heavy atom. The average molecular weight is 324 g/mol. The Kier molecular flexibility index (Phi) is 4.74. The Bertz CT molecular complexity index is 729. The van der Waals surface area contributed by atoms with Gasteiger partial charge in [0.1, 0.15) is 11.4 Å². The van der Waals surface area contributed by atoms with Gasteiger partial charge in [0.15, 0.2) is 0 Å². The number of ether oxygens (including phenoxy) is 1. The lowest BCUT2D eigenvalue weighted by Crippen LogP contribution is -2.53. The Hall–Kier alpha value is -2.49. The number of para-hydroxylation sites is 2. The highest BCUT2D eigenvalue weighted by atomic mass is 16.5. The molecule has 2 N–H and O–H groups in total. The number of amides is 1. The fourth-order valence-electron chi connectivity index (χ4n) is 3.06. The highest BCUT2D eigenvalue weighted by Gasteiger charge is 2.36. The summed E-state index contributed by atoms with van der Waals surface area (Å²) in [4.78, 5) is 12.5. The van der Waals surface area contributed by atoms with Crippen molar-refractivity contribution in [2.75, 3.05) is 11.9 Å². The number of benzene rings is 2. The van der Waals surface area contributed by atoms with Crippen LogP contribution in [-0.4, -0.2) is 12.5 Å². The topological polar surface area (TPSA) is 50.4 Å². The van der Waals surface area contributed by atoms with Crippen LogP contribution in [0.5, 0.6) is 5.75 Å². The number of hydrogen-bond acceptors (Lipinski definition) is 3. The fraction of sp³-hybridized carbons (Fsp3) is 0.350. The van der Waals surface area contributed by atoms with Crippen molar-refractivity contribution < 1.29 is 9.53 Å². The van der Waals surface area contributed by atoms with Crippen LogP contribution in [-0.2, 0) is 5.66 Å². The van der Waals surface area contributed by atoms with Gasteiger partial charge in [0.25, 0.3) is 5.91 Å². The molecule has 2 aromatic carbocycles. The molecule has 1 aliphatic heterocycles. The molecule has 0 aromatic heterocycles. The van der Waals surface area contributed by atoms with Crippen molar-refractivity contribution in [2.45, 2.75) is 38.8 Å². The summed E-state index contributed by atoms with van der Waals surface area (Å²) in [6.07, 6.45) is 3.35. The predicted octanol–water partition coefficient (Wildman–Crippen LogP) is 4.28. The molecule has 0 fully saturated rings. The maximum absolute atomic E-state index is 12.5. The molecule has 1 amide bonds. The second-order valence-corrected chi connectivity index (χ2v) is 6.30. The van der Waals surface area contributed by atoms with Crippen molar-refractivity contribution in [3.05, 3.63) is 59.7 Å². The van der Waals surface area contributed by atoms with Crippen molar-refractivity contribution in [3.8, 4) is 5.75 Å². The van der Waals surface area contributed by atoms with Gasteiger partial charge in [-0.3, -0.25) is 4.79 Å². The molecule has 4 heteroatoms. The number of fused-ring (bicyclic) bond motifs is 1. The first-order chi connectivity index (χ1) is 11.6. The minimum atomic E-state index is -0.702. The molecule has 0 saturated heterocycles. The number of unbranched alkanes of at least 4 members (excludes halogenated alkanes) is 2. The number of carbonyl (C=O) groups is 1. The molecular formula is C20H24N2O2. The van der Waals surface area contributed by atoms with E-state index in [1.807, 2.05) is 55.5 Å². The highest BCUT2D eigenvalue weighted by molar-refractivity contribution is 6.02. The summed E-state index contributed by atoms with van der Waals surface area (Å²) < 4.78 is 5.99. The summed E-state index contributed by atoms with van der Waals surface area (Å²) in [5.41, 5.74) is 1.73. The Morgan fingerprint density at radius 2 is 1.75 bits per heavy atom. The molecule has 0 saturated carbocycles. The molecule has 3 rings (SSSR count). The van der Waals surface area contributed by atoms with Crippen LogP contribution in [0.3, 0.4) is 0 Å². The highest BCUT2D eigenvalue weighted by Crippen LogP contribution is 2.35. The number of nitrogens with one attached hydrogen (secondary N) is 2. The molecular weight excluding hydrogens is 300 g/mol. The molecule has 2 aromatic rings. The van der Waals surface area contributed by atoms with Crippen LogP contribution in [0.2, 0.25) is 0 Å². The van der Waals surface area contributed by atoms with Crippen LogP contribution in [0.4, 0.5) is 5.69 Å². The minimum Gasteiger partial charge on any atom is -0.493 e. The summed E-state index contributed by atoms with van der Waals surface area (Å²) in [7, 11) is 0. The van der Waals surface area contributed by atoms with Gasteiger partial charge in [-0.2, -0.15) is 0 Å². The van der Waals surface area contributed by atoms with Crippen LogP contribution >= 0.6 is 0 Å². The Morgan fingerprint density at radius 1 is 1.00 bits per heavy atom. The Labute approximate surface area is 143 Å². The quantitative estimate of drug-likeness (QED) is 0.780. The van der Waals surface area contributed by atoms with Crippen molar-refractivity contribution in [2.24, 2.45) is 0 Å². The SMILES string of the molecule is CCCCCOc1ccccc1C1(C)NC(=O)c2ccccc2N1. The van der Waals surface area contributed by atoms with Crippen LogP contribution in [0.15, 0.2) is 48.5 Å². The van der Waals surface area contributed by atoms with Gasteiger partial charge in [0.05, 0.1) is 12.2 Å². The van der Waals surface area contributed by atoms with Gasteiger partial charge in [0, 0.05) is 11.3 Å². The van der Waals surface area contributed by atoms with E-state index < -0.39 is 5.66 Å². The molecule has 0 aliphatic carbocycles. The second-order valence-electron chi connectivity index (χ2n) is 6.30. The lowest BCUT2D eigenvalue weighted by atomic mass is 9.95. The second kappa shape index (κ2) is 6.95. The van der Waals surface area contributed by atoms with Gasteiger partial charge in [-0.25, -0.2) is 0 Å². The molecule has 1 atom stereocenters. The molecule has 4 nitrogen and oxygen atoms in total. The van der Waals surface area contributed by atoms with E-state index in [1.54, 1.807) is 0 Å². The van der Waals surface area contributed by atoms with Crippen LogP contribution in [0.1, 0.15) is 49.0 Å². The minimum absolute atomic E-state index is 0.0763. The lowest BCUT2D eigenvalue weighted by molar-refractivity contribution is 0.0905. The maximum Gasteiger partial charge on any atom is 0.255 e. The van der Waals surface area contributed by atoms with E-state index in [4.69, 9.17) is 4.74 Å². The molecule has 0 radical (unpaired) electrons. The number of rotatable bonds is 6. The predicted molar refractivity (Wildman–Crippen MR) is 96.3 cm³/mol. The molecule has 126 valence electrons. The molecule has 24 heavy (non-hydrogen) atoms. The first-order valence-electron chi connectivity index (χ1n) is 8.56. The Balaban J connectivity index is 1.87. The molecule has 1 aliphatic rings. The van der Waals surface area contributed by atoms with Gasteiger partial charge in [-0.15, -0.1) is 0 Å². The zero-order valence-corrected chi connectivity index (χ0v) is 14.3. The van der Waals surface area contributed by atoms with E-state index in [2.05, 4.69) is 17.6 Å². The lowest BCUT2D eigenvalue weighted by Gasteiger charge is -2.38. The number of carbonyl (C=O) groups excluding carboxylic acids is 1. The summed E-state index contributed by atoms with van der Waals surface area (Å²) in [5.74, 6) is 0.732. The normalized spacial score (nSPS) is 19.2. The molecule has 1 heterocycles. The van der Waals surface area contributed by atoms with Crippen LogP contribution in [0, 0.1) is 0 Å². The van der Waals surface area contributed by atoms with E-state index in [0.717, 1.165) is 36.3 Å². The average Bonchev–Trinajstić information content (AvgIpc) is 2.59. The van der Waals surface area contributed by atoms with Crippen molar-refractivity contribution in [1.82, 2.24) is 5.32 Å². The standard InChI is InChI=1S/C20H24N2O2/c1-3-4-9-14-24-18-13-8-6-11-16(18)20(2)21-17-12-7-5-10-15(17)19(23)22-20/h5-8,10-13,21H,3-4,9,14H2,1-2H3,(H,22,23). The third kappa shape index (κ3) is 3.23. The van der Waals surface area contributed by atoms with Gasteiger partial charge in [-0.05, 0) is 31.5 Å². The van der Waals surface area contributed by atoms with Crippen molar-refractivity contribution >= 4 is 11.6 Å².